The Morgan fingerprint density at radius 2 is 1.73 bits per heavy atom. The van der Waals surface area contributed by atoms with E-state index in [1.54, 1.807) is 75.0 Å². The number of aliphatic hydroxyl groups is 1. The number of Topliss-reactive ketones (excluding diaryl/α,β-unsaturated/α-hetero) is 1. The van der Waals surface area contributed by atoms with Gasteiger partial charge in [-0.1, -0.05) is 30.3 Å². The Labute approximate surface area is 258 Å². The van der Waals surface area contributed by atoms with E-state index in [0.717, 1.165) is 0 Å². The molecular formula is C34H30N4O7. The molecule has 0 fully saturated rings. The molecule has 1 atom stereocenters. The lowest BCUT2D eigenvalue weighted by Crippen LogP contribution is -2.38. The number of hydrogen-bond donors (Lipinski definition) is 2. The molecule has 0 radical (unpaired) electrons. The normalized spacial score (nSPS) is 13.2. The Morgan fingerprint density at radius 1 is 0.956 bits per heavy atom. The van der Waals surface area contributed by atoms with Crippen molar-refractivity contribution in [2.45, 2.75) is 25.3 Å². The number of hydrogen-bond acceptors (Lipinski definition) is 9. The van der Waals surface area contributed by atoms with Crippen LogP contribution in [-0.2, 0) is 6.42 Å². The molecule has 45 heavy (non-hydrogen) atoms. The SMILES string of the molecule is COc1cc2nccc(Oc3ccc(NC(=O)c4cc5c(n([C@H](CO)c6ccccc6)c4=O)CCCC5=O)nc3)c2cc1OC. The second kappa shape index (κ2) is 12.6. The summed E-state index contributed by atoms with van der Waals surface area (Å²) in [5, 5.41) is 13.7. The predicted molar refractivity (Wildman–Crippen MR) is 167 cm³/mol. The summed E-state index contributed by atoms with van der Waals surface area (Å²) in [5.74, 6) is 1.27. The number of methoxy groups -OCH3 is 2. The van der Waals surface area contributed by atoms with Gasteiger partial charge in [0.05, 0.1) is 38.6 Å². The van der Waals surface area contributed by atoms with Gasteiger partial charge in [-0.25, -0.2) is 4.98 Å². The zero-order valence-electron chi connectivity index (χ0n) is 24.6. The number of ketones is 1. The molecule has 0 aliphatic heterocycles. The van der Waals surface area contributed by atoms with Crippen molar-refractivity contribution in [1.82, 2.24) is 14.5 Å². The molecule has 1 aliphatic carbocycles. The smallest absolute Gasteiger partial charge is 0.264 e. The van der Waals surface area contributed by atoms with Crippen LogP contribution in [0, 0.1) is 0 Å². The number of aliphatic hydroxyl groups excluding tert-OH is 1. The van der Waals surface area contributed by atoms with Crippen LogP contribution >= 0.6 is 0 Å². The lowest BCUT2D eigenvalue weighted by molar-refractivity contribution is 0.0969. The lowest BCUT2D eigenvalue weighted by Gasteiger charge is -2.27. The number of rotatable bonds is 9. The van der Waals surface area contributed by atoms with Crippen LogP contribution in [-0.4, -0.2) is 52.2 Å². The van der Waals surface area contributed by atoms with Crippen LogP contribution in [0.2, 0.25) is 0 Å². The number of amides is 1. The number of benzene rings is 2. The standard InChI is InChI=1S/C34H30N4O7/c1-43-30-16-22-25(17-31(30)44-2)35-14-13-29(22)45-21-11-12-32(36-18-21)37-33(41)24-15-23-26(9-6-10-28(23)40)38(34(24)42)27(19-39)20-7-4-3-5-8-20/h3-5,7-8,11-18,27,39H,6,9-10,19H2,1-2H3,(H,36,37,41)/t27-/m1/s1. The minimum atomic E-state index is -0.758. The van der Waals surface area contributed by atoms with Crippen molar-refractivity contribution in [2.75, 3.05) is 26.1 Å². The highest BCUT2D eigenvalue weighted by Gasteiger charge is 2.29. The molecule has 0 unspecified atom stereocenters. The summed E-state index contributed by atoms with van der Waals surface area (Å²) >= 11 is 0. The summed E-state index contributed by atoms with van der Waals surface area (Å²) in [6, 6.07) is 18.1. The zero-order chi connectivity index (χ0) is 31.5. The Kier molecular flexibility index (Phi) is 8.26. The number of pyridine rings is 3. The molecule has 2 aromatic carbocycles. The number of carbonyl (C=O) groups excluding carboxylic acids is 2. The first-order valence-electron chi connectivity index (χ1n) is 14.3. The van der Waals surface area contributed by atoms with Crippen molar-refractivity contribution in [1.29, 1.82) is 0 Å². The third kappa shape index (κ3) is 5.73. The highest BCUT2D eigenvalue weighted by Crippen LogP contribution is 2.37. The molecule has 0 bridgehead atoms. The lowest BCUT2D eigenvalue weighted by atomic mass is 9.92. The van der Waals surface area contributed by atoms with Gasteiger partial charge in [-0.2, -0.15) is 0 Å². The van der Waals surface area contributed by atoms with Gasteiger partial charge in [-0.15, -0.1) is 0 Å². The van der Waals surface area contributed by atoms with Gasteiger partial charge in [0.25, 0.3) is 11.5 Å². The molecular weight excluding hydrogens is 576 g/mol. The molecule has 11 heteroatoms. The van der Waals surface area contributed by atoms with E-state index in [9.17, 15) is 19.5 Å². The van der Waals surface area contributed by atoms with Crippen molar-refractivity contribution in [2.24, 2.45) is 0 Å². The summed E-state index contributed by atoms with van der Waals surface area (Å²) in [5.41, 5.74) is 1.36. The molecule has 3 heterocycles. The van der Waals surface area contributed by atoms with E-state index in [1.165, 1.54) is 16.8 Å². The maximum Gasteiger partial charge on any atom is 0.264 e. The number of nitrogens with zero attached hydrogens (tertiary/aromatic N) is 3. The van der Waals surface area contributed by atoms with Crippen LogP contribution in [0.4, 0.5) is 5.82 Å². The van der Waals surface area contributed by atoms with Crippen molar-refractivity contribution >= 4 is 28.4 Å². The number of anilines is 1. The number of aromatic nitrogens is 3. The number of ether oxygens (including phenoxy) is 3. The largest absolute Gasteiger partial charge is 0.493 e. The number of nitrogens with one attached hydrogen (secondary N) is 1. The Balaban J connectivity index is 1.28. The van der Waals surface area contributed by atoms with Gasteiger partial charge in [0.1, 0.15) is 22.9 Å². The van der Waals surface area contributed by atoms with Crippen molar-refractivity contribution in [3.63, 3.8) is 0 Å². The van der Waals surface area contributed by atoms with Crippen LogP contribution in [0.15, 0.2) is 83.9 Å². The summed E-state index contributed by atoms with van der Waals surface area (Å²) in [6.07, 6.45) is 4.43. The highest BCUT2D eigenvalue weighted by molar-refractivity contribution is 6.06. The van der Waals surface area contributed by atoms with Crippen molar-refractivity contribution in [3.8, 4) is 23.0 Å². The molecule has 1 aliphatic rings. The first-order chi connectivity index (χ1) is 21.9. The van der Waals surface area contributed by atoms with Crippen molar-refractivity contribution < 1.29 is 28.9 Å². The fraction of sp³-hybridized carbons (Fsp3) is 0.206. The summed E-state index contributed by atoms with van der Waals surface area (Å²) < 4.78 is 18.2. The van der Waals surface area contributed by atoms with E-state index in [1.807, 2.05) is 6.07 Å². The van der Waals surface area contributed by atoms with E-state index in [0.29, 0.717) is 70.0 Å². The second-order valence-electron chi connectivity index (χ2n) is 10.4. The average Bonchev–Trinajstić information content (AvgIpc) is 3.07. The topological polar surface area (TPSA) is 142 Å². The maximum absolute atomic E-state index is 13.8. The molecule has 0 spiro atoms. The Bertz CT molecular complexity index is 1960. The Hall–Kier alpha value is -5.55. The molecule has 2 N–H and O–H groups in total. The highest BCUT2D eigenvalue weighted by atomic mass is 16.5. The minimum absolute atomic E-state index is 0.150. The monoisotopic (exact) mass is 606 g/mol. The van der Waals surface area contributed by atoms with Crippen LogP contribution < -0.4 is 25.1 Å². The van der Waals surface area contributed by atoms with Crippen LogP contribution in [0.25, 0.3) is 10.9 Å². The molecule has 0 saturated carbocycles. The van der Waals surface area contributed by atoms with E-state index in [2.05, 4.69) is 15.3 Å². The van der Waals surface area contributed by atoms with Crippen LogP contribution in [0.1, 0.15) is 50.9 Å². The Morgan fingerprint density at radius 3 is 2.44 bits per heavy atom. The first kappa shape index (κ1) is 29.5. The van der Waals surface area contributed by atoms with E-state index in [4.69, 9.17) is 14.2 Å². The van der Waals surface area contributed by atoms with Crippen LogP contribution in [0.5, 0.6) is 23.0 Å². The third-order valence-corrected chi connectivity index (χ3v) is 7.78. The van der Waals surface area contributed by atoms with E-state index in [-0.39, 0.29) is 23.8 Å². The molecule has 3 aromatic heterocycles. The fourth-order valence-corrected chi connectivity index (χ4v) is 5.58. The molecule has 228 valence electrons. The minimum Gasteiger partial charge on any atom is -0.493 e. The molecule has 0 saturated heterocycles. The zero-order valence-corrected chi connectivity index (χ0v) is 24.6. The fourth-order valence-electron chi connectivity index (χ4n) is 5.58. The van der Waals surface area contributed by atoms with Crippen molar-refractivity contribution in [3.05, 3.63) is 112 Å². The first-order valence-corrected chi connectivity index (χ1v) is 14.3. The second-order valence-corrected chi connectivity index (χ2v) is 10.4. The van der Waals surface area contributed by atoms with Gasteiger partial charge in [0.2, 0.25) is 0 Å². The third-order valence-electron chi connectivity index (χ3n) is 7.78. The maximum atomic E-state index is 13.8. The predicted octanol–water partition coefficient (Wildman–Crippen LogP) is 4.95. The van der Waals surface area contributed by atoms with Crippen LogP contribution in [0.3, 0.4) is 0 Å². The van der Waals surface area contributed by atoms with Gasteiger partial charge in [0.15, 0.2) is 17.3 Å². The quantitative estimate of drug-likeness (QED) is 0.238. The molecule has 6 rings (SSSR count). The molecule has 5 aromatic rings. The van der Waals surface area contributed by atoms with Gasteiger partial charge in [0, 0.05) is 35.3 Å². The average molecular weight is 607 g/mol. The number of fused-ring (bicyclic) bond motifs is 2. The van der Waals surface area contributed by atoms with Gasteiger partial charge < -0.3 is 29.2 Å². The van der Waals surface area contributed by atoms with Gasteiger partial charge in [-0.3, -0.25) is 19.4 Å². The van der Waals surface area contributed by atoms with Gasteiger partial charge >= 0.3 is 0 Å². The molecule has 11 nitrogen and oxygen atoms in total. The van der Waals surface area contributed by atoms with Gasteiger partial charge in [-0.05, 0) is 48.7 Å². The summed E-state index contributed by atoms with van der Waals surface area (Å²) in [7, 11) is 3.09. The van der Waals surface area contributed by atoms with E-state index >= 15 is 0 Å². The summed E-state index contributed by atoms with van der Waals surface area (Å²) in [4.78, 5) is 48.9. The molecule has 1 amide bonds. The van der Waals surface area contributed by atoms with E-state index < -0.39 is 17.5 Å². The summed E-state index contributed by atoms with van der Waals surface area (Å²) in [6.45, 7) is -0.383. The number of carbonyl (C=O) groups is 2.